The second kappa shape index (κ2) is 10.5. The van der Waals surface area contributed by atoms with Crippen molar-refractivity contribution in [1.82, 2.24) is 15.2 Å². The van der Waals surface area contributed by atoms with Crippen molar-refractivity contribution < 1.29 is 23.5 Å². The molecule has 7 nitrogen and oxygen atoms in total. The van der Waals surface area contributed by atoms with Crippen molar-refractivity contribution in [3.05, 3.63) is 23.1 Å². The number of methoxy groups -OCH3 is 1. The summed E-state index contributed by atoms with van der Waals surface area (Å²) in [6.07, 6.45) is 7.26. The van der Waals surface area contributed by atoms with Gasteiger partial charge in [0.1, 0.15) is 17.5 Å². The van der Waals surface area contributed by atoms with Gasteiger partial charge in [-0.3, -0.25) is 9.69 Å². The highest BCUT2D eigenvalue weighted by atomic mass is 19.1. The van der Waals surface area contributed by atoms with Crippen LogP contribution in [0.25, 0.3) is 0 Å². The lowest BCUT2D eigenvalue weighted by atomic mass is 9.86. The highest BCUT2D eigenvalue weighted by Gasteiger charge is 2.36. The third-order valence-electron chi connectivity index (χ3n) is 6.12. The topological polar surface area (TPSA) is 80.8 Å². The molecule has 1 aliphatic carbocycles. The molecule has 2 fully saturated rings. The summed E-state index contributed by atoms with van der Waals surface area (Å²) >= 11 is 0. The van der Waals surface area contributed by atoms with Crippen LogP contribution < -0.4 is 10.1 Å². The van der Waals surface area contributed by atoms with Gasteiger partial charge in [-0.15, -0.1) is 0 Å². The van der Waals surface area contributed by atoms with Crippen LogP contribution in [0.4, 0.5) is 9.18 Å². The number of aromatic nitrogens is 1. The number of ether oxygens (including phenoxy) is 2. The first-order valence-electron chi connectivity index (χ1n) is 11.7. The molecule has 0 radical (unpaired) electrons. The minimum Gasteiger partial charge on any atom is -0.481 e. The number of halogens is 1. The van der Waals surface area contributed by atoms with Crippen LogP contribution in [0.5, 0.6) is 5.88 Å². The van der Waals surface area contributed by atoms with E-state index in [1.165, 1.54) is 37.3 Å². The summed E-state index contributed by atoms with van der Waals surface area (Å²) < 4.78 is 25.6. The number of carbonyl (C=O) groups excluding carboxylic acids is 2. The molecule has 1 N–H and O–H groups in total. The summed E-state index contributed by atoms with van der Waals surface area (Å²) in [6, 6.07) is 0.809. The van der Waals surface area contributed by atoms with Crippen molar-refractivity contribution in [1.29, 1.82) is 0 Å². The Balaban J connectivity index is 1.63. The van der Waals surface area contributed by atoms with Gasteiger partial charge in [0.2, 0.25) is 11.8 Å². The predicted molar refractivity (Wildman–Crippen MR) is 119 cm³/mol. The standard InChI is InChI=1S/C24H36FN3O4/c1-24(2,3)32-23(30)28-12-8-11-20(28)21(29)26-15-17-14-18(25)19(27-22(17)31-4)13-16-9-6-5-7-10-16/h14,16,20H,5-13,15H2,1-4H3,(H,26,29). The molecule has 1 atom stereocenters. The van der Waals surface area contributed by atoms with E-state index in [0.29, 0.717) is 42.4 Å². The van der Waals surface area contributed by atoms with Crippen LogP contribution in [0.2, 0.25) is 0 Å². The van der Waals surface area contributed by atoms with Crippen molar-refractivity contribution in [3.8, 4) is 5.88 Å². The summed E-state index contributed by atoms with van der Waals surface area (Å²) in [4.78, 5) is 31.1. The molecular formula is C24H36FN3O4. The molecule has 1 aromatic rings. The van der Waals surface area contributed by atoms with Crippen molar-refractivity contribution in [2.45, 2.75) is 90.3 Å². The molecule has 0 spiro atoms. The summed E-state index contributed by atoms with van der Waals surface area (Å²) in [5.74, 6) is 0.133. The molecule has 1 saturated carbocycles. The van der Waals surface area contributed by atoms with Crippen LogP contribution in [-0.2, 0) is 22.5 Å². The molecule has 1 saturated heterocycles. The minimum atomic E-state index is -0.628. The van der Waals surface area contributed by atoms with Gasteiger partial charge in [-0.25, -0.2) is 14.2 Å². The SMILES string of the molecule is COc1nc(CC2CCCCC2)c(F)cc1CNC(=O)C1CCCN1C(=O)OC(C)(C)C. The van der Waals surface area contributed by atoms with Gasteiger partial charge >= 0.3 is 6.09 Å². The van der Waals surface area contributed by atoms with Crippen LogP contribution in [-0.4, -0.2) is 47.2 Å². The Morgan fingerprint density at radius 2 is 1.91 bits per heavy atom. The van der Waals surface area contributed by atoms with Gasteiger partial charge in [-0.2, -0.15) is 0 Å². The number of amides is 2. The van der Waals surface area contributed by atoms with E-state index < -0.39 is 17.7 Å². The van der Waals surface area contributed by atoms with Gasteiger partial charge in [-0.05, 0) is 52.0 Å². The van der Waals surface area contributed by atoms with E-state index in [-0.39, 0.29) is 18.3 Å². The number of rotatable bonds is 6. The van der Waals surface area contributed by atoms with Gasteiger partial charge in [0.05, 0.1) is 12.8 Å². The van der Waals surface area contributed by atoms with Crippen LogP contribution in [0.15, 0.2) is 6.07 Å². The lowest BCUT2D eigenvalue weighted by molar-refractivity contribution is -0.125. The van der Waals surface area contributed by atoms with Crippen molar-refractivity contribution in [2.75, 3.05) is 13.7 Å². The number of nitrogens with zero attached hydrogens (tertiary/aromatic N) is 2. The highest BCUT2D eigenvalue weighted by Crippen LogP contribution is 2.29. The molecule has 2 heterocycles. The smallest absolute Gasteiger partial charge is 0.410 e. The quantitative estimate of drug-likeness (QED) is 0.698. The number of pyridine rings is 1. The van der Waals surface area contributed by atoms with E-state index in [1.807, 2.05) is 0 Å². The normalized spacial score (nSPS) is 19.7. The van der Waals surface area contributed by atoms with Gasteiger partial charge in [0.25, 0.3) is 0 Å². The molecule has 1 aliphatic heterocycles. The third-order valence-corrected chi connectivity index (χ3v) is 6.12. The average molecular weight is 450 g/mol. The van der Waals surface area contributed by atoms with Gasteiger partial charge in [0.15, 0.2) is 0 Å². The number of nitrogens with one attached hydrogen (secondary N) is 1. The van der Waals surface area contributed by atoms with Gasteiger partial charge in [0, 0.05) is 18.7 Å². The second-order valence-electron chi connectivity index (χ2n) is 9.84. The molecule has 2 amide bonds. The van der Waals surface area contributed by atoms with Crippen LogP contribution in [0.1, 0.15) is 77.0 Å². The van der Waals surface area contributed by atoms with Crippen molar-refractivity contribution >= 4 is 12.0 Å². The Morgan fingerprint density at radius 1 is 1.19 bits per heavy atom. The summed E-state index contributed by atoms with van der Waals surface area (Å²) in [7, 11) is 1.50. The molecule has 8 heteroatoms. The molecule has 1 aromatic heterocycles. The second-order valence-corrected chi connectivity index (χ2v) is 9.84. The zero-order valence-corrected chi connectivity index (χ0v) is 19.7. The maximum absolute atomic E-state index is 14.8. The van der Waals surface area contributed by atoms with E-state index in [0.717, 1.165) is 19.3 Å². The maximum Gasteiger partial charge on any atom is 0.410 e. The largest absolute Gasteiger partial charge is 0.481 e. The fourth-order valence-electron chi connectivity index (χ4n) is 4.54. The molecular weight excluding hydrogens is 413 g/mol. The number of carbonyl (C=O) groups is 2. The molecule has 3 rings (SSSR count). The minimum absolute atomic E-state index is 0.0777. The molecule has 32 heavy (non-hydrogen) atoms. The third kappa shape index (κ3) is 6.33. The lowest BCUT2D eigenvalue weighted by Gasteiger charge is -2.28. The Hall–Kier alpha value is -2.38. The Morgan fingerprint density at radius 3 is 2.56 bits per heavy atom. The maximum atomic E-state index is 14.8. The summed E-state index contributed by atoms with van der Waals surface area (Å²) in [5.41, 5.74) is 0.277. The Bertz CT molecular complexity index is 818. The first-order chi connectivity index (χ1) is 15.2. The molecule has 0 aromatic carbocycles. The monoisotopic (exact) mass is 449 g/mol. The van der Waals surface area contributed by atoms with Gasteiger partial charge in [-0.1, -0.05) is 32.1 Å². The van der Waals surface area contributed by atoms with Crippen LogP contribution in [0, 0.1) is 11.7 Å². The Labute approximate surface area is 190 Å². The average Bonchev–Trinajstić information content (AvgIpc) is 3.23. The zero-order valence-electron chi connectivity index (χ0n) is 19.7. The fraction of sp³-hybridized carbons (Fsp3) is 0.708. The number of hydrogen-bond donors (Lipinski definition) is 1. The van der Waals surface area contributed by atoms with Crippen molar-refractivity contribution in [3.63, 3.8) is 0 Å². The summed E-state index contributed by atoms with van der Waals surface area (Å²) in [5, 5.41) is 2.82. The molecule has 178 valence electrons. The van der Waals surface area contributed by atoms with E-state index >= 15 is 0 Å². The fourth-order valence-corrected chi connectivity index (χ4v) is 4.54. The zero-order chi connectivity index (χ0) is 23.3. The van der Waals surface area contributed by atoms with Crippen LogP contribution >= 0.6 is 0 Å². The predicted octanol–water partition coefficient (Wildman–Crippen LogP) is 4.37. The van der Waals surface area contributed by atoms with E-state index in [2.05, 4.69) is 10.3 Å². The van der Waals surface area contributed by atoms with E-state index in [4.69, 9.17) is 9.47 Å². The molecule has 2 aliphatic rings. The Kier molecular flexibility index (Phi) is 7.96. The molecule has 0 bridgehead atoms. The number of likely N-dealkylation sites (tertiary alicyclic amines) is 1. The lowest BCUT2D eigenvalue weighted by Crippen LogP contribution is -2.47. The highest BCUT2D eigenvalue weighted by molar-refractivity contribution is 5.86. The first-order valence-corrected chi connectivity index (χ1v) is 11.7. The summed E-state index contributed by atoms with van der Waals surface area (Å²) in [6.45, 7) is 5.93. The van der Waals surface area contributed by atoms with E-state index in [1.54, 1.807) is 20.8 Å². The first kappa shape index (κ1) is 24.3. The van der Waals surface area contributed by atoms with Gasteiger partial charge < -0.3 is 14.8 Å². The van der Waals surface area contributed by atoms with E-state index in [9.17, 15) is 14.0 Å². The van der Waals surface area contributed by atoms with Crippen molar-refractivity contribution in [2.24, 2.45) is 5.92 Å². The molecule has 1 unspecified atom stereocenters. The number of hydrogen-bond acceptors (Lipinski definition) is 5. The van der Waals surface area contributed by atoms with Crippen LogP contribution in [0.3, 0.4) is 0 Å².